The van der Waals surface area contributed by atoms with Crippen LogP contribution in [0, 0.1) is 17.3 Å². The van der Waals surface area contributed by atoms with Crippen molar-refractivity contribution in [3.8, 4) is 0 Å². The minimum absolute atomic E-state index is 0.177. The first-order valence-corrected chi connectivity index (χ1v) is 6.25. The van der Waals surface area contributed by atoms with Gasteiger partial charge in [0.2, 0.25) is 5.91 Å². The molecule has 1 aliphatic heterocycles. The van der Waals surface area contributed by atoms with E-state index in [0.717, 1.165) is 26.1 Å². The van der Waals surface area contributed by atoms with E-state index in [4.69, 9.17) is 0 Å². The summed E-state index contributed by atoms with van der Waals surface area (Å²) in [6, 6.07) is 0. The smallest absolute Gasteiger partial charge is 0.226 e. The molecule has 2 unspecified atom stereocenters. The molecule has 0 aromatic carbocycles. The molecule has 1 saturated heterocycles. The van der Waals surface area contributed by atoms with Crippen molar-refractivity contribution in [2.24, 2.45) is 17.3 Å². The molecule has 1 heterocycles. The van der Waals surface area contributed by atoms with Crippen LogP contribution in [-0.4, -0.2) is 37.5 Å². The molecule has 3 nitrogen and oxygen atoms in total. The molecule has 0 spiro atoms. The summed E-state index contributed by atoms with van der Waals surface area (Å²) in [5.74, 6) is 1.09. The molecule has 3 heteroatoms. The van der Waals surface area contributed by atoms with E-state index in [9.17, 15) is 4.79 Å². The average molecular weight is 226 g/mol. The van der Waals surface area contributed by atoms with Gasteiger partial charge in [-0.2, -0.15) is 0 Å². The lowest BCUT2D eigenvalue weighted by Gasteiger charge is -2.33. The molecule has 1 aliphatic rings. The zero-order valence-corrected chi connectivity index (χ0v) is 11.3. The lowest BCUT2D eigenvalue weighted by atomic mass is 9.90. The molecule has 0 aliphatic carbocycles. The van der Waals surface area contributed by atoms with Gasteiger partial charge in [-0.15, -0.1) is 0 Å². The number of carbonyl (C=O) groups is 1. The number of amides is 1. The second-order valence-electron chi connectivity index (χ2n) is 6.45. The number of rotatable bonds is 2. The molecule has 0 radical (unpaired) electrons. The van der Waals surface area contributed by atoms with Gasteiger partial charge in [-0.25, -0.2) is 0 Å². The Balaban J connectivity index is 2.49. The van der Waals surface area contributed by atoms with E-state index in [0.29, 0.717) is 11.8 Å². The number of piperidine rings is 1. The molecule has 1 N–H and O–H groups in total. The lowest BCUT2D eigenvalue weighted by molar-refractivity contribution is -0.136. The SMILES string of the molecule is CC1CNCC(C(=O)N(C)CC(C)(C)C)C1. The van der Waals surface area contributed by atoms with Gasteiger partial charge < -0.3 is 10.2 Å². The molecular formula is C13H26N2O. The van der Waals surface area contributed by atoms with Crippen LogP contribution in [0.15, 0.2) is 0 Å². The van der Waals surface area contributed by atoms with Crippen molar-refractivity contribution in [2.75, 3.05) is 26.7 Å². The maximum Gasteiger partial charge on any atom is 0.226 e. The van der Waals surface area contributed by atoms with Crippen molar-refractivity contribution in [2.45, 2.75) is 34.1 Å². The summed E-state index contributed by atoms with van der Waals surface area (Å²) in [7, 11) is 1.92. The Morgan fingerprint density at radius 3 is 2.50 bits per heavy atom. The number of nitrogens with one attached hydrogen (secondary N) is 1. The predicted molar refractivity (Wildman–Crippen MR) is 67.2 cm³/mol. The van der Waals surface area contributed by atoms with Gasteiger partial charge in [0, 0.05) is 20.1 Å². The summed E-state index contributed by atoms with van der Waals surface area (Å²) in [5, 5.41) is 3.34. The number of nitrogens with zero attached hydrogens (tertiary/aromatic N) is 1. The first-order chi connectivity index (χ1) is 7.29. The fourth-order valence-electron chi connectivity index (χ4n) is 2.45. The van der Waals surface area contributed by atoms with Gasteiger partial charge in [-0.3, -0.25) is 4.79 Å². The first kappa shape index (κ1) is 13.5. The Labute approximate surface area is 99.6 Å². The van der Waals surface area contributed by atoms with E-state index in [-0.39, 0.29) is 11.3 Å². The molecule has 1 fully saturated rings. The Kier molecular flexibility index (Phi) is 4.36. The predicted octanol–water partition coefficient (Wildman–Crippen LogP) is 1.74. The van der Waals surface area contributed by atoms with Crippen LogP contribution in [0.3, 0.4) is 0 Å². The van der Waals surface area contributed by atoms with Crippen LogP contribution in [0.25, 0.3) is 0 Å². The largest absolute Gasteiger partial charge is 0.345 e. The van der Waals surface area contributed by atoms with E-state index in [1.54, 1.807) is 0 Å². The summed E-state index contributed by atoms with van der Waals surface area (Å²) in [6.07, 6.45) is 1.03. The molecule has 1 amide bonds. The van der Waals surface area contributed by atoms with Crippen LogP contribution in [0.4, 0.5) is 0 Å². The third kappa shape index (κ3) is 4.12. The summed E-state index contributed by atoms with van der Waals surface area (Å²) in [6.45, 7) is 11.4. The monoisotopic (exact) mass is 226 g/mol. The van der Waals surface area contributed by atoms with Gasteiger partial charge in [-0.05, 0) is 24.3 Å². The number of hydrogen-bond donors (Lipinski definition) is 1. The van der Waals surface area contributed by atoms with Gasteiger partial charge in [0.05, 0.1) is 5.92 Å². The van der Waals surface area contributed by atoms with E-state index >= 15 is 0 Å². The maximum atomic E-state index is 12.2. The summed E-state index contributed by atoms with van der Waals surface area (Å²) < 4.78 is 0. The van der Waals surface area contributed by atoms with Crippen LogP contribution in [0.2, 0.25) is 0 Å². The summed E-state index contributed by atoms with van der Waals surface area (Å²) in [5.41, 5.74) is 0.179. The van der Waals surface area contributed by atoms with Gasteiger partial charge in [0.1, 0.15) is 0 Å². The fraction of sp³-hybridized carbons (Fsp3) is 0.923. The first-order valence-electron chi connectivity index (χ1n) is 6.25. The highest BCUT2D eigenvalue weighted by molar-refractivity contribution is 5.79. The topological polar surface area (TPSA) is 32.3 Å². The second kappa shape index (κ2) is 5.17. The number of hydrogen-bond acceptors (Lipinski definition) is 2. The molecule has 2 atom stereocenters. The lowest BCUT2D eigenvalue weighted by Crippen LogP contribution is -2.45. The van der Waals surface area contributed by atoms with Crippen LogP contribution in [0.1, 0.15) is 34.1 Å². The van der Waals surface area contributed by atoms with Crippen molar-refractivity contribution in [3.63, 3.8) is 0 Å². The highest BCUT2D eigenvalue weighted by Gasteiger charge is 2.28. The third-order valence-electron chi connectivity index (χ3n) is 3.01. The normalized spacial score (nSPS) is 26.6. The minimum atomic E-state index is 0.177. The number of carbonyl (C=O) groups excluding carboxylic acids is 1. The Morgan fingerprint density at radius 2 is 2.00 bits per heavy atom. The van der Waals surface area contributed by atoms with Crippen LogP contribution in [0.5, 0.6) is 0 Å². The average Bonchev–Trinajstić information content (AvgIpc) is 2.14. The van der Waals surface area contributed by atoms with Gasteiger partial charge >= 0.3 is 0 Å². The summed E-state index contributed by atoms with van der Waals surface area (Å²) >= 11 is 0. The molecule has 0 aromatic rings. The Hall–Kier alpha value is -0.570. The van der Waals surface area contributed by atoms with Crippen molar-refractivity contribution in [3.05, 3.63) is 0 Å². The van der Waals surface area contributed by atoms with Gasteiger partial charge in [0.25, 0.3) is 0 Å². The Bertz CT molecular complexity index is 245. The van der Waals surface area contributed by atoms with Gasteiger partial charge in [-0.1, -0.05) is 27.7 Å². The molecule has 0 aromatic heterocycles. The zero-order chi connectivity index (χ0) is 12.3. The Morgan fingerprint density at radius 1 is 1.38 bits per heavy atom. The van der Waals surface area contributed by atoms with Crippen LogP contribution >= 0.6 is 0 Å². The standard InChI is InChI=1S/C13H26N2O/c1-10-6-11(8-14-7-10)12(16)15(5)9-13(2,3)4/h10-11,14H,6-9H2,1-5H3. The maximum absolute atomic E-state index is 12.2. The second-order valence-corrected chi connectivity index (χ2v) is 6.45. The van der Waals surface area contributed by atoms with Crippen LogP contribution in [-0.2, 0) is 4.79 Å². The molecule has 94 valence electrons. The highest BCUT2D eigenvalue weighted by Crippen LogP contribution is 2.20. The van der Waals surface area contributed by atoms with E-state index < -0.39 is 0 Å². The minimum Gasteiger partial charge on any atom is -0.345 e. The quantitative estimate of drug-likeness (QED) is 0.778. The molecule has 0 saturated carbocycles. The van der Waals surface area contributed by atoms with Crippen molar-refractivity contribution < 1.29 is 4.79 Å². The fourth-order valence-corrected chi connectivity index (χ4v) is 2.45. The molecule has 1 rings (SSSR count). The molecule has 16 heavy (non-hydrogen) atoms. The van der Waals surface area contributed by atoms with E-state index in [2.05, 4.69) is 33.0 Å². The van der Waals surface area contributed by atoms with Gasteiger partial charge in [0.15, 0.2) is 0 Å². The summed E-state index contributed by atoms with van der Waals surface area (Å²) in [4.78, 5) is 14.1. The zero-order valence-electron chi connectivity index (χ0n) is 11.3. The van der Waals surface area contributed by atoms with Crippen molar-refractivity contribution in [1.29, 1.82) is 0 Å². The van der Waals surface area contributed by atoms with Crippen molar-refractivity contribution in [1.82, 2.24) is 10.2 Å². The van der Waals surface area contributed by atoms with Crippen molar-refractivity contribution >= 4 is 5.91 Å². The molecular weight excluding hydrogens is 200 g/mol. The molecule has 0 bridgehead atoms. The van der Waals surface area contributed by atoms with E-state index in [1.165, 1.54) is 0 Å². The third-order valence-corrected chi connectivity index (χ3v) is 3.01. The van der Waals surface area contributed by atoms with Crippen LogP contribution < -0.4 is 5.32 Å². The highest BCUT2D eigenvalue weighted by atomic mass is 16.2. The van der Waals surface area contributed by atoms with E-state index in [1.807, 2.05) is 11.9 Å².